The quantitative estimate of drug-likeness (QED) is 0.0529. The fourth-order valence-electron chi connectivity index (χ4n) is 6.17. The van der Waals surface area contributed by atoms with Gasteiger partial charge in [-0.1, -0.05) is 24.3 Å². The summed E-state index contributed by atoms with van der Waals surface area (Å²) in [5.74, 6) is -7.32. The van der Waals surface area contributed by atoms with Gasteiger partial charge < -0.3 is 31.5 Å². The molecular formula is C41H30F6N4O8. The zero-order chi connectivity index (χ0) is 43.4. The van der Waals surface area contributed by atoms with Crippen molar-refractivity contribution in [2.45, 2.75) is 24.7 Å². The van der Waals surface area contributed by atoms with Crippen LogP contribution in [0.25, 0.3) is 0 Å². The molecule has 6 N–H and O–H groups in total. The highest BCUT2D eigenvalue weighted by molar-refractivity contribution is 6.11. The van der Waals surface area contributed by atoms with E-state index in [1.54, 1.807) is 49.5 Å². The number of rotatable bonds is 12. The largest absolute Gasteiger partial charge is 0.478 e. The third-order valence-electron chi connectivity index (χ3n) is 9.06. The van der Waals surface area contributed by atoms with E-state index in [9.17, 15) is 65.3 Å². The molecule has 0 fully saturated rings. The summed E-state index contributed by atoms with van der Waals surface area (Å²) in [7, 11) is 1.73. The molecule has 0 aliphatic heterocycles. The number of carboxylic acids is 2. The van der Waals surface area contributed by atoms with Gasteiger partial charge in [-0.3, -0.25) is 19.2 Å². The molecule has 0 atom stereocenters. The number of hydrogen-bond acceptors (Lipinski definition) is 7. The molecule has 0 aliphatic carbocycles. The Bertz CT molecular complexity index is 2470. The first-order valence-corrected chi connectivity index (χ1v) is 17.0. The Morgan fingerprint density at radius 1 is 0.475 bits per heavy atom. The van der Waals surface area contributed by atoms with Crippen LogP contribution in [0, 0.1) is 0 Å². The van der Waals surface area contributed by atoms with E-state index >= 15 is 0 Å². The molecule has 0 aliphatic rings. The van der Waals surface area contributed by atoms with Gasteiger partial charge in [-0.15, -0.1) is 0 Å². The SMILES string of the molecule is CNc1ccc(C(=O)Nc2cccc(NC(=O)c3ccc(NC(=O)c4ccc(C(c5ccc(C(C)=O)c(C(=O)O)c5)(C(F)(F)F)C(F)(F)F)cc4C(=O)O)cc3)c2)cc1. The van der Waals surface area contributed by atoms with Gasteiger partial charge in [0.15, 0.2) is 5.78 Å². The van der Waals surface area contributed by atoms with Gasteiger partial charge in [-0.2, -0.15) is 26.3 Å². The lowest BCUT2D eigenvalue weighted by Gasteiger charge is -2.38. The molecule has 12 nitrogen and oxygen atoms in total. The van der Waals surface area contributed by atoms with Crippen molar-refractivity contribution in [1.82, 2.24) is 0 Å². The molecule has 3 amide bonds. The van der Waals surface area contributed by atoms with Crippen LogP contribution in [0.3, 0.4) is 0 Å². The molecule has 304 valence electrons. The van der Waals surface area contributed by atoms with Gasteiger partial charge in [-0.05, 0) is 103 Å². The van der Waals surface area contributed by atoms with Crippen molar-refractivity contribution in [3.8, 4) is 0 Å². The van der Waals surface area contributed by atoms with E-state index in [-0.39, 0.29) is 35.5 Å². The monoisotopic (exact) mass is 820 g/mol. The lowest BCUT2D eigenvalue weighted by molar-refractivity contribution is -0.288. The van der Waals surface area contributed by atoms with Gasteiger partial charge in [0.1, 0.15) is 0 Å². The molecule has 0 saturated carbocycles. The number of Topliss-reactive ketones (excluding diaryl/α,β-unsaturated/α-hetero) is 1. The molecule has 0 unspecified atom stereocenters. The van der Waals surface area contributed by atoms with Crippen molar-refractivity contribution in [1.29, 1.82) is 0 Å². The van der Waals surface area contributed by atoms with Crippen LogP contribution in [0.15, 0.2) is 109 Å². The third kappa shape index (κ3) is 8.75. The van der Waals surface area contributed by atoms with Crippen LogP contribution in [0.4, 0.5) is 49.1 Å². The van der Waals surface area contributed by atoms with Crippen LogP contribution in [0.1, 0.15) is 80.2 Å². The molecule has 0 spiro atoms. The van der Waals surface area contributed by atoms with Crippen molar-refractivity contribution in [3.63, 3.8) is 0 Å². The van der Waals surface area contributed by atoms with Gasteiger partial charge in [0.2, 0.25) is 5.41 Å². The zero-order valence-electron chi connectivity index (χ0n) is 30.5. The van der Waals surface area contributed by atoms with Crippen molar-refractivity contribution < 1.29 is 65.3 Å². The van der Waals surface area contributed by atoms with Crippen molar-refractivity contribution >= 4 is 58.2 Å². The van der Waals surface area contributed by atoms with Crippen LogP contribution >= 0.6 is 0 Å². The number of ketones is 1. The van der Waals surface area contributed by atoms with Crippen LogP contribution in [-0.4, -0.2) is 65.1 Å². The van der Waals surface area contributed by atoms with Crippen molar-refractivity contribution in [2.24, 2.45) is 0 Å². The first-order valence-electron chi connectivity index (χ1n) is 17.0. The molecule has 5 aromatic rings. The van der Waals surface area contributed by atoms with Crippen molar-refractivity contribution in [3.05, 3.63) is 154 Å². The zero-order valence-corrected chi connectivity index (χ0v) is 30.5. The highest BCUT2D eigenvalue weighted by Crippen LogP contribution is 2.56. The minimum absolute atomic E-state index is 0.0206. The average molecular weight is 821 g/mol. The molecule has 0 heterocycles. The summed E-state index contributed by atoms with van der Waals surface area (Å²) in [6, 6.07) is 19.4. The van der Waals surface area contributed by atoms with Crippen LogP contribution in [0.2, 0.25) is 0 Å². The molecule has 5 rings (SSSR count). The van der Waals surface area contributed by atoms with E-state index in [2.05, 4.69) is 21.3 Å². The molecule has 0 bridgehead atoms. The highest BCUT2D eigenvalue weighted by atomic mass is 19.4. The maximum atomic E-state index is 14.9. The number of carboxylic acid groups (broad SMARTS) is 2. The lowest BCUT2D eigenvalue weighted by atomic mass is 9.71. The summed E-state index contributed by atoms with van der Waals surface area (Å²) >= 11 is 0. The summed E-state index contributed by atoms with van der Waals surface area (Å²) in [5, 5.41) is 30.0. The number of nitrogens with one attached hydrogen (secondary N) is 4. The molecule has 18 heteroatoms. The summed E-state index contributed by atoms with van der Waals surface area (Å²) in [6.07, 6.45) is -12.5. The topological polar surface area (TPSA) is 191 Å². The summed E-state index contributed by atoms with van der Waals surface area (Å²) < 4.78 is 89.2. The number of carbonyl (C=O) groups is 6. The minimum Gasteiger partial charge on any atom is -0.478 e. The second-order valence-corrected chi connectivity index (χ2v) is 12.8. The number of alkyl halides is 6. The first-order chi connectivity index (χ1) is 27.7. The highest BCUT2D eigenvalue weighted by Gasteiger charge is 2.72. The van der Waals surface area contributed by atoms with Gasteiger partial charge in [0.25, 0.3) is 17.7 Å². The second-order valence-electron chi connectivity index (χ2n) is 12.8. The molecule has 0 aromatic heterocycles. The van der Waals surface area contributed by atoms with E-state index in [0.717, 1.165) is 12.6 Å². The Hall–Kier alpha value is -7.50. The predicted octanol–water partition coefficient (Wildman–Crippen LogP) is 8.49. The number of halogens is 6. The Kier molecular flexibility index (Phi) is 12.0. The van der Waals surface area contributed by atoms with Gasteiger partial charge in [0, 0.05) is 46.5 Å². The predicted molar refractivity (Wildman–Crippen MR) is 202 cm³/mol. The van der Waals surface area contributed by atoms with Crippen molar-refractivity contribution in [2.75, 3.05) is 28.3 Å². The molecule has 5 aromatic carbocycles. The number of benzene rings is 5. The van der Waals surface area contributed by atoms with Gasteiger partial charge in [-0.25, -0.2) is 9.59 Å². The fourth-order valence-corrected chi connectivity index (χ4v) is 6.17. The normalized spacial score (nSPS) is 11.6. The van der Waals surface area contributed by atoms with Crippen LogP contribution in [0.5, 0.6) is 0 Å². The maximum absolute atomic E-state index is 14.9. The van der Waals surface area contributed by atoms with Crippen LogP contribution in [-0.2, 0) is 5.41 Å². The standard InChI is InChI=1S/C41H30F6N4O8/c1-21(52)30-16-10-24(18-32(30)37(56)57)39(40(42,43)44,41(45,46)47)25-11-17-31(33(19-25)38(58)59)36(55)49-27-14-8-23(9-15-27)35(54)51-29-5-3-4-28(20-29)50-34(53)22-6-12-26(48-2)13-7-22/h3-20,48H,1-2H3,(H,49,55)(H,50,53)(H,51,54)(H,56,57)(H,58,59). The Labute approximate surface area is 329 Å². The van der Waals surface area contributed by atoms with E-state index < -0.39 is 86.6 Å². The maximum Gasteiger partial charge on any atom is 0.411 e. The molecular weight excluding hydrogens is 790 g/mol. The number of anilines is 4. The number of amides is 3. The van der Waals surface area contributed by atoms with Gasteiger partial charge >= 0.3 is 24.3 Å². The summed E-state index contributed by atoms with van der Waals surface area (Å²) in [5.41, 5.74) is -10.5. The Morgan fingerprint density at radius 2 is 0.881 bits per heavy atom. The summed E-state index contributed by atoms with van der Waals surface area (Å²) in [4.78, 5) is 74.9. The average Bonchev–Trinajstić information content (AvgIpc) is 3.17. The number of carbonyl (C=O) groups excluding carboxylic acids is 4. The van der Waals surface area contributed by atoms with Gasteiger partial charge in [0.05, 0.1) is 16.7 Å². The summed E-state index contributed by atoms with van der Waals surface area (Å²) in [6.45, 7) is 0.856. The minimum atomic E-state index is -6.27. The lowest BCUT2D eigenvalue weighted by Crippen LogP contribution is -2.55. The second kappa shape index (κ2) is 16.5. The fraction of sp³-hybridized carbons (Fsp3) is 0.122. The molecule has 0 radical (unpaired) electrons. The van der Waals surface area contributed by atoms with E-state index in [0.29, 0.717) is 29.1 Å². The Balaban J connectivity index is 1.38. The molecule has 0 saturated heterocycles. The Morgan fingerprint density at radius 3 is 1.29 bits per heavy atom. The first kappa shape index (κ1) is 42.6. The van der Waals surface area contributed by atoms with E-state index in [1.165, 1.54) is 30.3 Å². The van der Waals surface area contributed by atoms with Crippen LogP contribution < -0.4 is 21.3 Å². The smallest absolute Gasteiger partial charge is 0.411 e. The van der Waals surface area contributed by atoms with E-state index in [4.69, 9.17) is 0 Å². The third-order valence-corrected chi connectivity index (χ3v) is 9.06. The number of hydrogen-bond donors (Lipinski definition) is 6. The van der Waals surface area contributed by atoms with E-state index in [1.807, 2.05) is 0 Å². The molecule has 59 heavy (non-hydrogen) atoms. The number of aromatic carboxylic acids is 2.